The van der Waals surface area contributed by atoms with Crippen molar-refractivity contribution < 1.29 is 32.9 Å². The van der Waals surface area contributed by atoms with Crippen LogP contribution >= 0.6 is 34.5 Å². The summed E-state index contributed by atoms with van der Waals surface area (Å²) < 4.78 is 56.1. The Morgan fingerprint density at radius 2 is 2.03 bits per heavy atom. The minimum Gasteiger partial charge on any atom is -0.394 e. The number of ether oxygens (including phenoxy) is 2. The van der Waals surface area contributed by atoms with E-state index < -0.39 is 48.8 Å². The molecular formula is C22H19Cl2F3N6O4S. The molecule has 0 saturated carbocycles. The first-order chi connectivity index (χ1) is 18.1. The van der Waals surface area contributed by atoms with Crippen LogP contribution < -0.4 is 0 Å². The summed E-state index contributed by atoms with van der Waals surface area (Å²) in [6.45, 7) is -0.590. The lowest BCUT2D eigenvalue weighted by Gasteiger charge is -2.43. The number of alkyl halides is 3. The molecule has 0 spiro atoms. The molecular weight excluding hydrogens is 572 g/mol. The van der Waals surface area contributed by atoms with Gasteiger partial charge in [-0.05, 0) is 24.3 Å². The SMILES string of the molecule is CO[C@@H]1[C@@H](n2cc(-c3ncc(Cl)s3)nn2)[C@@H](O)[C@@H](CO)O[C@H]1c1ccnn1-c1cc(Cl)ccc1C(F)(F)F. The van der Waals surface area contributed by atoms with Crippen molar-refractivity contribution in [2.45, 2.75) is 36.6 Å². The van der Waals surface area contributed by atoms with Gasteiger partial charge in [0.15, 0.2) is 0 Å². The molecule has 38 heavy (non-hydrogen) atoms. The number of halogens is 5. The lowest BCUT2D eigenvalue weighted by molar-refractivity contribution is -0.216. The van der Waals surface area contributed by atoms with Crippen LogP contribution in [0.3, 0.4) is 0 Å². The summed E-state index contributed by atoms with van der Waals surface area (Å²) in [5, 5.41) is 33.9. The lowest BCUT2D eigenvalue weighted by Crippen LogP contribution is -2.53. The molecule has 1 saturated heterocycles. The minimum atomic E-state index is -4.69. The van der Waals surface area contributed by atoms with Gasteiger partial charge in [0, 0.05) is 18.3 Å². The van der Waals surface area contributed by atoms with Crippen molar-refractivity contribution in [1.82, 2.24) is 29.8 Å². The molecule has 3 aromatic heterocycles. The largest absolute Gasteiger partial charge is 0.418 e. The highest BCUT2D eigenvalue weighted by Crippen LogP contribution is 2.42. The smallest absolute Gasteiger partial charge is 0.394 e. The van der Waals surface area contributed by atoms with Crippen LogP contribution in [0.25, 0.3) is 16.4 Å². The zero-order valence-corrected chi connectivity index (χ0v) is 21.7. The number of benzene rings is 1. The Labute approximate surface area is 227 Å². The number of aromatic nitrogens is 6. The highest BCUT2D eigenvalue weighted by atomic mass is 35.5. The third-order valence-electron chi connectivity index (χ3n) is 6.11. The number of thiazole rings is 1. The number of hydrogen-bond acceptors (Lipinski definition) is 9. The Kier molecular flexibility index (Phi) is 7.48. The Balaban J connectivity index is 1.58. The van der Waals surface area contributed by atoms with Gasteiger partial charge in [-0.2, -0.15) is 18.3 Å². The van der Waals surface area contributed by atoms with E-state index in [1.54, 1.807) is 0 Å². The second kappa shape index (κ2) is 10.5. The third kappa shape index (κ3) is 4.93. The molecule has 4 heterocycles. The Bertz CT molecular complexity index is 1430. The van der Waals surface area contributed by atoms with Gasteiger partial charge in [-0.25, -0.2) is 14.3 Å². The van der Waals surface area contributed by atoms with E-state index in [2.05, 4.69) is 20.4 Å². The van der Waals surface area contributed by atoms with Crippen LogP contribution in [0.1, 0.15) is 23.4 Å². The zero-order chi connectivity index (χ0) is 27.2. The van der Waals surface area contributed by atoms with Gasteiger partial charge in [0.25, 0.3) is 0 Å². The van der Waals surface area contributed by atoms with E-state index in [-0.39, 0.29) is 16.4 Å². The highest BCUT2D eigenvalue weighted by molar-refractivity contribution is 7.18. The maximum atomic E-state index is 13.8. The summed E-state index contributed by atoms with van der Waals surface area (Å²) in [6, 6.07) is 3.65. The van der Waals surface area contributed by atoms with Gasteiger partial charge in [-0.3, -0.25) is 0 Å². The quantitative estimate of drug-likeness (QED) is 0.346. The van der Waals surface area contributed by atoms with Crippen molar-refractivity contribution in [1.29, 1.82) is 0 Å². The molecule has 16 heteroatoms. The highest BCUT2D eigenvalue weighted by Gasteiger charge is 2.49. The fourth-order valence-electron chi connectivity index (χ4n) is 4.44. The molecule has 1 aromatic carbocycles. The van der Waals surface area contributed by atoms with E-state index in [4.69, 9.17) is 32.7 Å². The van der Waals surface area contributed by atoms with Crippen LogP contribution in [-0.2, 0) is 15.7 Å². The van der Waals surface area contributed by atoms with E-state index >= 15 is 0 Å². The molecule has 1 aliphatic rings. The standard InChI is InChI=1S/C22H19Cl2F3N6O4S/c1-36-20-17(32-8-12(30-31-32)21-28-7-16(24)38-21)18(35)15(9-34)37-19(20)13-4-5-29-33(13)14-6-10(23)2-3-11(14)22(25,26)27/h2-8,15,17-20,34-35H,9H2,1H3/t15-,17+,18+,19+,20-/m1/s1. The van der Waals surface area contributed by atoms with E-state index in [1.807, 2.05) is 0 Å². The van der Waals surface area contributed by atoms with Crippen LogP contribution in [0.5, 0.6) is 0 Å². The maximum absolute atomic E-state index is 13.8. The Hall–Kier alpha value is -2.59. The number of hydrogen-bond donors (Lipinski definition) is 2. The van der Waals surface area contributed by atoms with Crippen molar-refractivity contribution in [2.75, 3.05) is 13.7 Å². The molecule has 10 nitrogen and oxygen atoms in total. The summed E-state index contributed by atoms with van der Waals surface area (Å²) in [7, 11) is 1.36. The van der Waals surface area contributed by atoms with Gasteiger partial charge >= 0.3 is 6.18 Å². The maximum Gasteiger partial charge on any atom is 0.418 e. The van der Waals surface area contributed by atoms with Crippen LogP contribution in [-0.4, -0.2) is 72.0 Å². The van der Waals surface area contributed by atoms with Crippen molar-refractivity contribution in [3.8, 4) is 16.4 Å². The summed E-state index contributed by atoms with van der Waals surface area (Å²) in [5.41, 5.74) is -0.733. The average molecular weight is 591 g/mol. The van der Waals surface area contributed by atoms with Crippen LogP contribution in [0.2, 0.25) is 9.36 Å². The topological polar surface area (TPSA) is 120 Å². The van der Waals surface area contributed by atoms with Gasteiger partial charge in [0.05, 0.1) is 35.9 Å². The van der Waals surface area contributed by atoms with Gasteiger partial charge in [0.2, 0.25) is 0 Å². The van der Waals surface area contributed by atoms with Gasteiger partial charge < -0.3 is 19.7 Å². The molecule has 0 amide bonds. The monoisotopic (exact) mass is 590 g/mol. The second-order valence-electron chi connectivity index (χ2n) is 8.34. The first-order valence-electron chi connectivity index (χ1n) is 11.0. The number of rotatable bonds is 6. The van der Waals surface area contributed by atoms with Gasteiger partial charge in [0.1, 0.15) is 45.5 Å². The van der Waals surface area contributed by atoms with Crippen LogP contribution in [0, 0.1) is 0 Å². The van der Waals surface area contributed by atoms with Gasteiger partial charge in [-0.15, -0.1) is 16.4 Å². The van der Waals surface area contributed by atoms with E-state index in [0.717, 1.165) is 22.9 Å². The zero-order valence-electron chi connectivity index (χ0n) is 19.3. The first kappa shape index (κ1) is 27.0. The number of nitrogens with zero attached hydrogens (tertiary/aromatic N) is 6. The number of methoxy groups -OCH3 is 1. The molecule has 0 unspecified atom stereocenters. The molecule has 5 atom stereocenters. The normalized spacial score (nSPS) is 24.2. The molecule has 0 aliphatic carbocycles. The Morgan fingerprint density at radius 3 is 2.68 bits per heavy atom. The fourth-order valence-corrected chi connectivity index (χ4v) is 5.47. The summed E-state index contributed by atoms with van der Waals surface area (Å²) in [6.07, 6.45) is -4.93. The molecule has 4 aromatic rings. The second-order valence-corrected chi connectivity index (χ2v) is 10.4. The fraction of sp³-hybridized carbons (Fsp3) is 0.364. The Morgan fingerprint density at radius 1 is 1.24 bits per heavy atom. The molecule has 1 aliphatic heterocycles. The number of aliphatic hydroxyl groups excluding tert-OH is 2. The molecule has 202 valence electrons. The van der Waals surface area contributed by atoms with Crippen molar-refractivity contribution >= 4 is 34.5 Å². The molecule has 0 radical (unpaired) electrons. The predicted molar refractivity (Wildman–Crippen MR) is 130 cm³/mol. The van der Waals surface area contributed by atoms with E-state index in [0.29, 0.717) is 15.0 Å². The number of aliphatic hydroxyl groups is 2. The molecule has 2 N–H and O–H groups in total. The van der Waals surface area contributed by atoms with Crippen molar-refractivity contribution in [3.63, 3.8) is 0 Å². The first-order valence-corrected chi connectivity index (χ1v) is 12.6. The van der Waals surface area contributed by atoms with Crippen molar-refractivity contribution in [2.24, 2.45) is 0 Å². The molecule has 0 bridgehead atoms. The van der Waals surface area contributed by atoms with Crippen LogP contribution in [0.15, 0.2) is 42.9 Å². The summed E-state index contributed by atoms with van der Waals surface area (Å²) >= 11 is 13.2. The summed E-state index contributed by atoms with van der Waals surface area (Å²) in [5.74, 6) is 0. The van der Waals surface area contributed by atoms with Gasteiger partial charge in [-0.1, -0.05) is 28.4 Å². The molecule has 5 rings (SSSR count). The van der Waals surface area contributed by atoms with Crippen LogP contribution in [0.4, 0.5) is 13.2 Å². The van der Waals surface area contributed by atoms with E-state index in [1.165, 1.54) is 47.8 Å². The predicted octanol–water partition coefficient (Wildman–Crippen LogP) is 3.96. The third-order valence-corrected chi connectivity index (χ3v) is 7.48. The minimum absolute atomic E-state index is 0.0706. The van der Waals surface area contributed by atoms with E-state index in [9.17, 15) is 23.4 Å². The summed E-state index contributed by atoms with van der Waals surface area (Å²) in [4.78, 5) is 4.17. The lowest BCUT2D eigenvalue weighted by atomic mass is 9.90. The van der Waals surface area contributed by atoms with Crippen molar-refractivity contribution in [3.05, 3.63) is 63.5 Å². The molecule has 1 fully saturated rings. The average Bonchev–Trinajstić information content (AvgIpc) is 3.63.